The molecule has 10 nitrogen and oxygen atoms in total. The van der Waals surface area contributed by atoms with E-state index in [2.05, 4.69) is 20.3 Å². The van der Waals surface area contributed by atoms with Crippen molar-refractivity contribution >= 4 is 23.4 Å². The van der Waals surface area contributed by atoms with E-state index in [4.69, 9.17) is 10.5 Å². The normalized spacial score (nSPS) is 29.7. The van der Waals surface area contributed by atoms with Gasteiger partial charge < -0.3 is 26.0 Å². The highest BCUT2D eigenvalue weighted by molar-refractivity contribution is 5.81. The molecule has 5 N–H and O–H groups in total. The van der Waals surface area contributed by atoms with Crippen LogP contribution in [0.2, 0.25) is 0 Å². The van der Waals surface area contributed by atoms with Crippen LogP contribution in [-0.2, 0) is 9.53 Å². The van der Waals surface area contributed by atoms with Gasteiger partial charge in [-0.25, -0.2) is 15.0 Å². The molecule has 0 aliphatic carbocycles. The Morgan fingerprint density at radius 3 is 2.90 bits per heavy atom. The Labute approximate surface area is 112 Å². The molecule has 0 bridgehead atoms. The smallest absolute Gasteiger partial charge is 0.209 e. The molecule has 1 aliphatic heterocycles. The van der Waals surface area contributed by atoms with E-state index < -0.39 is 24.7 Å². The van der Waals surface area contributed by atoms with Crippen molar-refractivity contribution in [3.8, 4) is 0 Å². The molecule has 2 aromatic heterocycles. The van der Waals surface area contributed by atoms with Gasteiger partial charge in [0.15, 0.2) is 23.9 Å². The Morgan fingerprint density at radius 1 is 1.35 bits per heavy atom. The highest BCUT2D eigenvalue weighted by atomic mass is 16.6. The number of nitrogens with zero attached hydrogens (tertiary/aromatic N) is 4. The van der Waals surface area contributed by atoms with Crippen LogP contribution in [0.5, 0.6) is 0 Å². The van der Waals surface area contributed by atoms with E-state index in [9.17, 15) is 15.0 Å². The lowest BCUT2D eigenvalue weighted by Gasteiger charge is -2.16. The lowest BCUT2D eigenvalue weighted by atomic mass is 10.2. The summed E-state index contributed by atoms with van der Waals surface area (Å²) in [6.45, 7) is 0. The van der Waals surface area contributed by atoms with Gasteiger partial charge in [0.1, 0.15) is 24.1 Å². The Hall–Kier alpha value is -2.30. The number of carbonyl (C=O) groups is 1. The molecule has 4 atom stereocenters. The lowest BCUT2D eigenvalue weighted by molar-refractivity contribution is -0.116. The van der Waals surface area contributed by atoms with Gasteiger partial charge in [0.05, 0.1) is 6.33 Å². The minimum atomic E-state index is -1.26. The molecule has 106 valence electrons. The summed E-state index contributed by atoms with van der Waals surface area (Å²) >= 11 is 0. The first kappa shape index (κ1) is 12.7. The van der Waals surface area contributed by atoms with Crippen molar-refractivity contribution in [3.05, 3.63) is 12.7 Å². The summed E-state index contributed by atoms with van der Waals surface area (Å²) in [6.07, 6.45) is -1.45. The van der Waals surface area contributed by atoms with Gasteiger partial charge in [-0.1, -0.05) is 0 Å². The molecule has 0 spiro atoms. The molecule has 0 saturated carbocycles. The first-order chi connectivity index (χ1) is 9.63. The topological polar surface area (TPSA) is 148 Å². The number of amides is 1. The second-order valence-corrected chi connectivity index (χ2v) is 4.30. The van der Waals surface area contributed by atoms with Crippen LogP contribution in [0.3, 0.4) is 0 Å². The van der Waals surface area contributed by atoms with Gasteiger partial charge in [-0.2, -0.15) is 0 Å². The van der Waals surface area contributed by atoms with Crippen LogP contribution in [-0.4, -0.2) is 54.6 Å². The van der Waals surface area contributed by atoms with E-state index in [1.54, 1.807) is 0 Å². The lowest BCUT2D eigenvalue weighted by Crippen LogP contribution is -2.39. The van der Waals surface area contributed by atoms with Crippen molar-refractivity contribution in [2.75, 3.05) is 5.73 Å². The zero-order valence-electron chi connectivity index (χ0n) is 10.1. The van der Waals surface area contributed by atoms with Gasteiger partial charge in [-0.3, -0.25) is 9.36 Å². The summed E-state index contributed by atoms with van der Waals surface area (Å²) in [5, 5.41) is 22.1. The van der Waals surface area contributed by atoms with E-state index in [0.717, 1.165) is 0 Å². The van der Waals surface area contributed by atoms with Crippen LogP contribution >= 0.6 is 0 Å². The third kappa shape index (κ3) is 1.78. The van der Waals surface area contributed by atoms with E-state index in [1.165, 1.54) is 17.2 Å². The van der Waals surface area contributed by atoms with Gasteiger partial charge >= 0.3 is 0 Å². The maximum absolute atomic E-state index is 10.4. The minimum absolute atomic E-state index is 0.198. The summed E-state index contributed by atoms with van der Waals surface area (Å²) in [5.41, 5.74) is 6.39. The third-order valence-electron chi connectivity index (χ3n) is 3.13. The summed E-state index contributed by atoms with van der Waals surface area (Å²) < 4.78 is 6.82. The number of imidazole rings is 1. The molecule has 10 heteroatoms. The number of anilines is 1. The molecule has 2 aromatic rings. The van der Waals surface area contributed by atoms with Gasteiger partial charge in [0.25, 0.3) is 0 Å². The molecule has 0 aromatic carbocycles. The second kappa shape index (κ2) is 4.67. The minimum Gasteiger partial charge on any atom is -0.386 e. The maximum Gasteiger partial charge on any atom is 0.209 e. The number of hydrogen-bond acceptors (Lipinski definition) is 8. The predicted octanol–water partition coefficient (Wildman–Crippen LogP) is -2.27. The maximum atomic E-state index is 10.4. The first-order valence-electron chi connectivity index (χ1n) is 5.77. The third-order valence-corrected chi connectivity index (χ3v) is 3.13. The highest BCUT2D eigenvalue weighted by Crippen LogP contribution is 2.30. The monoisotopic (exact) mass is 280 g/mol. The van der Waals surface area contributed by atoms with Crippen molar-refractivity contribution in [1.82, 2.24) is 24.8 Å². The zero-order chi connectivity index (χ0) is 14.3. The molecule has 3 heterocycles. The molecule has 1 fully saturated rings. The van der Waals surface area contributed by atoms with Crippen molar-refractivity contribution in [2.45, 2.75) is 24.7 Å². The Bertz CT molecular complexity index is 646. The van der Waals surface area contributed by atoms with Gasteiger partial charge in [0, 0.05) is 0 Å². The number of hydrogen-bond donors (Lipinski definition) is 4. The van der Waals surface area contributed by atoms with E-state index >= 15 is 0 Å². The summed E-state index contributed by atoms with van der Waals surface area (Å²) in [6, 6.07) is 0. The Morgan fingerprint density at radius 2 is 2.15 bits per heavy atom. The average Bonchev–Trinajstić information content (AvgIpc) is 2.97. The molecule has 1 saturated heterocycles. The number of fused-ring (bicyclic) bond motifs is 1. The predicted molar refractivity (Wildman–Crippen MR) is 64.9 cm³/mol. The van der Waals surface area contributed by atoms with Gasteiger partial charge in [0.2, 0.25) is 6.41 Å². The van der Waals surface area contributed by atoms with E-state index in [0.29, 0.717) is 17.6 Å². The zero-order valence-corrected chi connectivity index (χ0v) is 10.1. The molecule has 0 unspecified atom stereocenters. The van der Waals surface area contributed by atoms with Crippen LogP contribution in [0.4, 0.5) is 5.82 Å². The van der Waals surface area contributed by atoms with Gasteiger partial charge in [-0.15, -0.1) is 0 Å². The fourth-order valence-electron chi connectivity index (χ4n) is 2.15. The number of aliphatic hydroxyl groups excluding tert-OH is 2. The van der Waals surface area contributed by atoms with Crippen LogP contribution < -0.4 is 11.1 Å². The number of nitrogen functional groups attached to an aromatic ring is 1. The fourth-order valence-corrected chi connectivity index (χ4v) is 2.15. The quantitative estimate of drug-likeness (QED) is 0.460. The Kier molecular flexibility index (Phi) is 2.97. The largest absolute Gasteiger partial charge is 0.386 e. The summed E-state index contributed by atoms with van der Waals surface area (Å²) in [7, 11) is 0. The number of aliphatic hydroxyl groups is 2. The molecule has 1 amide bonds. The molecule has 0 radical (unpaired) electrons. The average molecular weight is 280 g/mol. The number of nitrogens with two attached hydrogens (primary N) is 1. The number of carbonyl (C=O) groups excluding carboxylic acids is 1. The molecule has 3 rings (SSSR count). The fraction of sp³-hybridized carbons (Fsp3) is 0.400. The summed E-state index contributed by atoms with van der Waals surface area (Å²) in [5.74, 6) is 0.198. The number of rotatable bonds is 3. The van der Waals surface area contributed by atoms with Crippen LogP contribution in [0.15, 0.2) is 12.7 Å². The van der Waals surface area contributed by atoms with Gasteiger partial charge in [-0.05, 0) is 0 Å². The SMILES string of the molecule is Nc1ncnc2c1ncn2[C@@H]1O[C@H](NC=O)[C@@H](O)[C@H]1O. The van der Waals surface area contributed by atoms with Crippen LogP contribution in [0.25, 0.3) is 11.2 Å². The van der Waals surface area contributed by atoms with Crippen LogP contribution in [0, 0.1) is 0 Å². The molecular weight excluding hydrogens is 268 g/mol. The van der Waals surface area contributed by atoms with Crippen LogP contribution in [0.1, 0.15) is 6.23 Å². The first-order valence-corrected chi connectivity index (χ1v) is 5.77. The van der Waals surface area contributed by atoms with Crippen molar-refractivity contribution < 1.29 is 19.7 Å². The number of ether oxygens (including phenoxy) is 1. The summed E-state index contributed by atoms with van der Waals surface area (Å²) in [4.78, 5) is 22.3. The standard InChI is InChI=1S/C10H12N6O4/c11-7-4-8(13-1-12-7)16(2-14-4)10-6(19)5(18)9(20-10)15-3-17/h1-3,5-6,9-10,18-19H,(H,15,17)(H2,11,12,13)/t5-,6+,9-,10+/m0/s1. The van der Waals surface area contributed by atoms with E-state index in [1.807, 2.05) is 0 Å². The van der Waals surface area contributed by atoms with Crippen molar-refractivity contribution in [1.29, 1.82) is 0 Å². The molecule has 20 heavy (non-hydrogen) atoms. The highest BCUT2D eigenvalue weighted by Gasteiger charge is 2.44. The molecular formula is C10H12N6O4. The number of nitrogens with one attached hydrogen (secondary N) is 1. The Balaban J connectivity index is 1.99. The van der Waals surface area contributed by atoms with Crippen molar-refractivity contribution in [2.24, 2.45) is 0 Å². The molecule has 1 aliphatic rings. The van der Waals surface area contributed by atoms with E-state index in [-0.39, 0.29) is 5.82 Å². The van der Waals surface area contributed by atoms with Crippen molar-refractivity contribution in [3.63, 3.8) is 0 Å². The number of aromatic nitrogens is 4. The second-order valence-electron chi connectivity index (χ2n) is 4.30.